The lowest BCUT2D eigenvalue weighted by atomic mass is 9.95. The standard InChI is InChI=1S/C53H55F2N9O7/c1-70-46-26-39-42(56-19-14-45(39)71-37-8-6-35(7-9-37)58-52(69)53(17-18-53)51(68)57-34-4-2-33(54)3-5-34)27-44(46)62-20-15-32(16-21-62)28-60-22-24-61(25-23-60)36-29-63(30-36)48-40-31-64(43-12-13-47(65)59-49(43)66)50(67)38(40)10-11-41(48)55/h2-11,14,19,26-27,32,36,43H,12-13,15-18,20-25,28-31H2,1H3,(H,57,68)(H,58,69)(H,59,65,66)/t43-/m0/s1. The molecule has 4 aromatic carbocycles. The number of anilines is 4. The van der Waals surface area contributed by atoms with Crippen LogP contribution in [0.3, 0.4) is 0 Å². The van der Waals surface area contributed by atoms with E-state index in [1.807, 2.05) is 17.0 Å². The topological polar surface area (TPSA) is 169 Å². The van der Waals surface area contributed by atoms with Crippen LogP contribution in [0.15, 0.2) is 85.1 Å². The number of nitrogens with one attached hydrogen (secondary N) is 3. The maximum Gasteiger partial charge on any atom is 0.255 e. The number of carbonyl (C=O) groups excluding carboxylic acids is 5. The number of carbonyl (C=O) groups is 5. The van der Waals surface area contributed by atoms with Gasteiger partial charge in [0.1, 0.15) is 40.3 Å². The molecule has 71 heavy (non-hydrogen) atoms. The molecular weight excluding hydrogens is 913 g/mol. The van der Waals surface area contributed by atoms with Crippen molar-refractivity contribution in [1.82, 2.24) is 25.0 Å². The number of piperidine rings is 2. The van der Waals surface area contributed by atoms with Crippen LogP contribution >= 0.6 is 0 Å². The summed E-state index contributed by atoms with van der Waals surface area (Å²) in [6.45, 7) is 8.13. The lowest BCUT2D eigenvalue weighted by Crippen LogP contribution is -2.63. The number of piperazine rings is 1. The van der Waals surface area contributed by atoms with Crippen LogP contribution in [0.1, 0.15) is 54.4 Å². The zero-order chi connectivity index (χ0) is 49.0. The van der Waals surface area contributed by atoms with E-state index in [-0.39, 0.29) is 37.0 Å². The molecule has 6 aliphatic rings. The van der Waals surface area contributed by atoms with Gasteiger partial charge in [-0.2, -0.15) is 0 Å². The quantitative estimate of drug-likeness (QED) is 0.0911. The first kappa shape index (κ1) is 46.2. The third-order valence-electron chi connectivity index (χ3n) is 15.3. The average molecular weight is 968 g/mol. The number of nitrogens with zero attached hydrogens (tertiary/aromatic N) is 6. The van der Waals surface area contributed by atoms with E-state index in [9.17, 15) is 28.4 Å². The minimum absolute atomic E-state index is 0.149. The van der Waals surface area contributed by atoms with E-state index < -0.39 is 35.0 Å². The van der Waals surface area contributed by atoms with Crippen LogP contribution in [0.4, 0.5) is 31.5 Å². The number of pyridine rings is 1. The summed E-state index contributed by atoms with van der Waals surface area (Å²) in [6, 6.07) is 20.7. The largest absolute Gasteiger partial charge is 0.495 e. The van der Waals surface area contributed by atoms with Crippen LogP contribution in [0.25, 0.3) is 10.9 Å². The number of rotatable bonds is 13. The molecule has 18 heteroatoms. The first-order valence-corrected chi connectivity index (χ1v) is 24.5. The van der Waals surface area contributed by atoms with Crippen molar-refractivity contribution in [3.05, 3.63) is 108 Å². The van der Waals surface area contributed by atoms with Crippen LogP contribution in [0, 0.1) is 23.0 Å². The van der Waals surface area contributed by atoms with Gasteiger partial charge in [-0.05, 0) is 117 Å². The van der Waals surface area contributed by atoms with Crippen LogP contribution in [0.2, 0.25) is 0 Å². The lowest BCUT2D eigenvalue weighted by Gasteiger charge is -2.50. The SMILES string of the molecule is COc1cc2c(Oc3ccc(NC(=O)C4(C(=O)Nc5ccc(F)cc5)CC4)cc3)ccnc2cc1N1CCC(CN2CCN(C3CN(c4c(F)ccc5c4CN([C@H]4CCC(=O)NC4=O)C5=O)C3)CC2)CC1. The Labute approximate surface area is 409 Å². The molecule has 1 aliphatic carbocycles. The van der Waals surface area contributed by atoms with Gasteiger partial charge in [-0.1, -0.05) is 0 Å². The minimum atomic E-state index is -1.18. The lowest BCUT2D eigenvalue weighted by molar-refractivity contribution is -0.137. The fourth-order valence-corrected chi connectivity index (χ4v) is 10.9. The Balaban J connectivity index is 0.649. The Morgan fingerprint density at radius 3 is 2.15 bits per heavy atom. The molecule has 368 valence electrons. The number of hydrogen-bond donors (Lipinski definition) is 3. The summed E-state index contributed by atoms with van der Waals surface area (Å²) in [5.41, 5.74) is 3.03. The number of fused-ring (bicyclic) bond motifs is 2. The van der Waals surface area contributed by atoms with Crippen molar-refractivity contribution in [3.63, 3.8) is 0 Å². The second-order valence-electron chi connectivity index (χ2n) is 19.6. The molecule has 5 amide bonds. The average Bonchev–Trinajstić information content (AvgIpc) is 4.12. The molecule has 1 aromatic heterocycles. The van der Waals surface area contributed by atoms with Crippen molar-refractivity contribution in [3.8, 4) is 17.2 Å². The highest BCUT2D eigenvalue weighted by Crippen LogP contribution is 2.48. The molecule has 5 fully saturated rings. The smallest absolute Gasteiger partial charge is 0.255 e. The zero-order valence-electron chi connectivity index (χ0n) is 39.4. The summed E-state index contributed by atoms with van der Waals surface area (Å²) >= 11 is 0. The summed E-state index contributed by atoms with van der Waals surface area (Å²) in [5.74, 6) is -0.257. The number of imide groups is 1. The van der Waals surface area contributed by atoms with Crippen molar-refractivity contribution in [1.29, 1.82) is 0 Å². The Kier molecular flexibility index (Phi) is 12.3. The van der Waals surface area contributed by atoms with E-state index >= 15 is 4.39 Å². The van der Waals surface area contributed by atoms with E-state index in [4.69, 9.17) is 14.5 Å². The van der Waals surface area contributed by atoms with Gasteiger partial charge in [-0.25, -0.2) is 8.78 Å². The number of halogens is 2. The minimum Gasteiger partial charge on any atom is -0.495 e. The molecule has 0 spiro atoms. The van der Waals surface area contributed by atoms with Crippen LogP contribution in [-0.2, 0) is 25.7 Å². The molecular formula is C53H55F2N9O7. The predicted molar refractivity (Wildman–Crippen MR) is 262 cm³/mol. The van der Waals surface area contributed by atoms with Gasteiger partial charge in [-0.3, -0.25) is 39.2 Å². The van der Waals surface area contributed by atoms with Crippen LogP contribution in [-0.4, -0.2) is 127 Å². The monoisotopic (exact) mass is 967 g/mol. The molecule has 3 N–H and O–H groups in total. The van der Waals surface area contributed by atoms with Gasteiger partial charge in [0, 0.05) is 112 Å². The van der Waals surface area contributed by atoms with E-state index in [1.54, 1.807) is 37.6 Å². The molecule has 0 bridgehead atoms. The van der Waals surface area contributed by atoms with Gasteiger partial charge >= 0.3 is 0 Å². The van der Waals surface area contributed by atoms with E-state index in [2.05, 4.69) is 36.7 Å². The Morgan fingerprint density at radius 1 is 0.803 bits per heavy atom. The molecule has 5 aliphatic heterocycles. The predicted octanol–water partition coefficient (Wildman–Crippen LogP) is 6.16. The summed E-state index contributed by atoms with van der Waals surface area (Å²) in [5, 5.41) is 8.72. The molecule has 11 rings (SSSR count). The summed E-state index contributed by atoms with van der Waals surface area (Å²) in [6.07, 6.45) is 5.09. The highest BCUT2D eigenvalue weighted by Gasteiger charge is 2.56. The van der Waals surface area contributed by atoms with Crippen molar-refractivity contribution in [2.45, 2.75) is 57.2 Å². The van der Waals surface area contributed by atoms with Gasteiger partial charge in [0.05, 0.1) is 24.0 Å². The maximum atomic E-state index is 15.4. The zero-order valence-corrected chi connectivity index (χ0v) is 39.4. The number of ether oxygens (including phenoxy) is 2. The molecule has 1 saturated carbocycles. The van der Waals surface area contributed by atoms with Crippen LogP contribution < -0.4 is 35.2 Å². The molecule has 5 aromatic rings. The molecule has 16 nitrogen and oxygen atoms in total. The number of aromatic nitrogens is 1. The fourth-order valence-electron chi connectivity index (χ4n) is 10.9. The van der Waals surface area contributed by atoms with Crippen LogP contribution in [0.5, 0.6) is 17.2 Å². The summed E-state index contributed by atoms with van der Waals surface area (Å²) in [4.78, 5) is 79.6. The first-order valence-electron chi connectivity index (χ1n) is 24.5. The van der Waals surface area contributed by atoms with Crippen molar-refractivity contribution in [2.24, 2.45) is 11.3 Å². The summed E-state index contributed by atoms with van der Waals surface area (Å²) in [7, 11) is 1.67. The first-order chi connectivity index (χ1) is 34.4. The normalized spacial score (nSPS) is 20.6. The van der Waals surface area contributed by atoms with Gasteiger partial charge in [0.2, 0.25) is 23.6 Å². The third kappa shape index (κ3) is 9.10. The number of hydrogen-bond acceptors (Lipinski definition) is 12. The van der Waals surface area contributed by atoms with E-state index in [0.29, 0.717) is 77.6 Å². The van der Waals surface area contributed by atoms with Crippen molar-refractivity contribution < 1.29 is 42.2 Å². The highest BCUT2D eigenvalue weighted by atomic mass is 19.1. The molecule has 1 atom stereocenters. The maximum absolute atomic E-state index is 15.4. The second-order valence-corrected chi connectivity index (χ2v) is 19.6. The van der Waals surface area contributed by atoms with E-state index in [1.165, 1.54) is 41.3 Å². The molecule has 0 unspecified atom stereocenters. The van der Waals surface area contributed by atoms with E-state index in [0.717, 1.165) is 81.0 Å². The summed E-state index contributed by atoms with van der Waals surface area (Å²) < 4.78 is 41.1. The fraction of sp³-hybridized carbons (Fsp3) is 0.396. The molecule has 6 heterocycles. The van der Waals surface area contributed by atoms with Gasteiger partial charge in [0.25, 0.3) is 5.91 Å². The molecule has 0 radical (unpaired) electrons. The number of benzene rings is 4. The number of amides is 5. The molecule has 4 saturated heterocycles. The van der Waals surface area contributed by atoms with Crippen molar-refractivity contribution in [2.75, 3.05) is 86.4 Å². The Morgan fingerprint density at radius 2 is 1.49 bits per heavy atom. The second kappa shape index (κ2) is 18.9. The van der Waals surface area contributed by atoms with Gasteiger partial charge < -0.3 is 39.7 Å². The van der Waals surface area contributed by atoms with Gasteiger partial charge in [0.15, 0.2) is 0 Å². The highest BCUT2D eigenvalue weighted by molar-refractivity contribution is 6.17. The number of methoxy groups -OCH3 is 1. The van der Waals surface area contributed by atoms with Gasteiger partial charge in [-0.15, -0.1) is 0 Å². The van der Waals surface area contributed by atoms with Crippen molar-refractivity contribution >= 4 is 63.2 Å². The Hall–Kier alpha value is -7.18. The Bertz CT molecular complexity index is 2910. The third-order valence-corrected chi connectivity index (χ3v) is 15.3.